The standard InChI is InChI=1S/C53H69FN4O4/c1-8-35(26-28-53(10-3)29-27-37(50(60)57-53)15-11-12-30-59)31-38-20-21-39-32-46(56-52(62-7)48(38)39)41-18-14-19-42(33(41)4)47-34(5)45(25-24-44(47)54)55-51(61)43-23-22-40(9-2)58(6)49(43)36-16-13-17-36/h14,18-19,22-25,32,35,37-38,59H,8-13,15-17,20-21,26-31H2,1-7H3,(H,55,61)(H,57,60)/t35?,37?,38-,53-/m1/s1. The van der Waals surface area contributed by atoms with Gasteiger partial charge in [-0.3, -0.25) is 9.59 Å². The fourth-order valence-corrected chi connectivity index (χ4v) is 10.8. The van der Waals surface area contributed by atoms with Gasteiger partial charge in [0.15, 0.2) is 0 Å². The highest BCUT2D eigenvalue weighted by molar-refractivity contribution is 6.08. The van der Waals surface area contributed by atoms with Gasteiger partial charge in [-0.25, -0.2) is 9.37 Å². The zero-order chi connectivity index (χ0) is 44.1. The molecule has 0 spiro atoms. The van der Waals surface area contributed by atoms with Crippen LogP contribution in [-0.4, -0.2) is 53.1 Å². The molecule has 62 heavy (non-hydrogen) atoms. The number of amides is 2. The van der Waals surface area contributed by atoms with Gasteiger partial charge >= 0.3 is 0 Å². The normalized spacial score (nSPS) is 21.5. The van der Waals surface area contributed by atoms with E-state index in [0.29, 0.717) is 40.1 Å². The molecule has 332 valence electrons. The molecule has 2 aromatic carbocycles. The van der Waals surface area contributed by atoms with Gasteiger partial charge < -0.3 is 25.4 Å². The number of unbranched alkanes of at least 4 members (excludes halogenated alkanes) is 1. The summed E-state index contributed by atoms with van der Waals surface area (Å²) in [6.07, 6.45) is 19.6. The Balaban J connectivity index is 1.09. The van der Waals surface area contributed by atoms with E-state index in [1.807, 2.05) is 45.2 Å². The van der Waals surface area contributed by atoms with Crippen LogP contribution in [0.1, 0.15) is 145 Å². The molecule has 2 aliphatic heterocycles. The lowest BCUT2D eigenvalue weighted by molar-refractivity contribution is -0.130. The molecular formula is C53H69FN4O4. The van der Waals surface area contributed by atoms with E-state index >= 15 is 4.39 Å². The maximum atomic E-state index is 16.0. The minimum absolute atomic E-state index is 0.0626. The number of rotatable bonds is 17. The van der Waals surface area contributed by atoms with Crippen molar-refractivity contribution < 1.29 is 23.8 Å². The van der Waals surface area contributed by atoms with Crippen LogP contribution in [0.2, 0.25) is 0 Å². The van der Waals surface area contributed by atoms with Gasteiger partial charge in [-0.1, -0.05) is 51.8 Å². The molecule has 2 amide bonds. The molecule has 7 rings (SSSR count). The van der Waals surface area contributed by atoms with Crippen molar-refractivity contribution >= 4 is 17.5 Å². The summed E-state index contributed by atoms with van der Waals surface area (Å²) in [5, 5.41) is 15.8. The van der Waals surface area contributed by atoms with E-state index in [-0.39, 0.29) is 35.7 Å². The topological polar surface area (TPSA) is 104 Å². The van der Waals surface area contributed by atoms with Crippen molar-refractivity contribution in [3.63, 3.8) is 0 Å². The van der Waals surface area contributed by atoms with Crippen LogP contribution >= 0.6 is 0 Å². The molecule has 1 saturated carbocycles. The fourth-order valence-electron chi connectivity index (χ4n) is 10.8. The number of nitrogens with one attached hydrogen (secondary N) is 2. The van der Waals surface area contributed by atoms with Gasteiger partial charge in [0.2, 0.25) is 11.8 Å². The molecule has 0 bridgehead atoms. The van der Waals surface area contributed by atoms with E-state index in [1.165, 1.54) is 28.5 Å². The number of benzene rings is 2. The van der Waals surface area contributed by atoms with Gasteiger partial charge in [-0.2, -0.15) is 0 Å². The van der Waals surface area contributed by atoms with E-state index in [2.05, 4.69) is 48.4 Å². The number of hydrogen-bond acceptors (Lipinski definition) is 6. The van der Waals surface area contributed by atoms with E-state index in [4.69, 9.17) is 9.72 Å². The number of nitrogens with zero attached hydrogens (tertiary/aromatic N) is 2. The number of anilines is 1. The van der Waals surface area contributed by atoms with Crippen LogP contribution in [0.4, 0.5) is 10.1 Å². The first-order chi connectivity index (χ1) is 30.0. The number of aryl methyl sites for hydroxylation is 1. The van der Waals surface area contributed by atoms with Crippen LogP contribution in [-0.2, 0) is 16.0 Å². The van der Waals surface area contributed by atoms with Gasteiger partial charge in [-0.05, 0) is 174 Å². The molecule has 1 saturated heterocycles. The van der Waals surface area contributed by atoms with Crippen LogP contribution < -0.4 is 15.4 Å². The second-order valence-electron chi connectivity index (χ2n) is 18.4. The highest BCUT2D eigenvalue weighted by Crippen LogP contribution is 2.47. The van der Waals surface area contributed by atoms with Crippen molar-refractivity contribution in [2.24, 2.45) is 11.8 Å². The molecule has 9 heteroatoms. The number of carbonyl (C=O) groups is 2. The summed E-state index contributed by atoms with van der Waals surface area (Å²) in [6.45, 7) is 10.7. The number of piperidine rings is 1. The van der Waals surface area contributed by atoms with Crippen molar-refractivity contribution in [3.8, 4) is 28.3 Å². The maximum absolute atomic E-state index is 16.0. The van der Waals surface area contributed by atoms with Crippen molar-refractivity contribution in [1.29, 1.82) is 0 Å². The molecule has 0 radical (unpaired) electrons. The largest absolute Gasteiger partial charge is 0.481 e. The second kappa shape index (κ2) is 19.7. The highest BCUT2D eigenvalue weighted by atomic mass is 19.1. The summed E-state index contributed by atoms with van der Waals surface area (Å²) in [4.78, 5) is 34.5. The van der Waals surface area contributed by atoms with E-state index in [9.17, 15) is 14.7 Å². The van der Waals surface area contributed by atoms with Crippen molar-refractivity contribution in [3.05, 3.63) is 99.2 Å². The number of carbonyl (C=O) groups excluding carboxylic acids is 2. The smallest absolute Gasteiger partial charge is 0.257 e. The average molecular weight is 845 g/mol. The number of aromatic nitrogens is 1. The second-order valence-corrected chi connectivity index (χ2v) is 18.4. The third kappa shape index (κ3) is 9.15. The molecule has 2 aliphatic carbocycles. The van der Waals surface area contributed by atoms with Gasteiger partial charge in [0, 0.05) is 53.2 Å². The Bertz CT molecular complexity index is 2250. The molecule has 3 N–H and O–H groups in total. The number of pyridine rings is 1. The summed E-state index contributed by atoms with van der Waals surface area (Å²) in [5.74, 6) is 1.26. The maximum Gasteiger partial charge on any atom is 0.257 e. The van der Waals surface area contributed by atoms with E-state index < -0.39 is 0 Å². The van der Waals surface area contributed by atoms with Crippen LogP contribution in [0.3, 0.4) is 0 Å². The van der Waals surface area contributed by atoms with Crippen molar-refractivity contribution in [2.75, 3.05) is 26.1 Å². The molecular weight excluding hydrogens is 776 g/mol. The number of aliphatic hydroxyl groups is 1. The average Bonchev–Trinajstić information content (AvgIpc) is 3.66. The molecule has 8 nitrogen and oxygen atoms in total. The van der Waals surface area contributed by atoms with Crippen LogP contribution in [0.15, 0.2) is 71.1 Å². The lowest BCUT2D eigenvalue weighted by Crippen LogP contribution is -2.54. The van der Waals surface area contributed by atoms with Crippen LogP contribution in [0, 0.1) is 31.5 Å². The highest BCUT2D eigenvalue weighted by Gasteiger charge is 2.39. The molecule has 1 aromatic heterocycles. The first kappa shape index (κ1) is 45.3. The van der Waals surface area contributed by atoms with Gasteiger partial charge in [0.25, 0.3) is 5.91 Å². The molecule has 4 aliphatic rings. The molecule has 3 aromatic rings. The van der Waals surface area contributed by atoms with Crippen LogP contribution in [0.25, 0.3) is 22.4 Å². The number of aliphatic hydroxyl groups excluding tert-OH is 1. The van der Waals surface area contributed by atoms with Gasteiger partial charge in [-0.15, -0.1) is 0 Å². The molecule has 4 atom stereocenters. The number of likely N-dealkylation sites (N-methyl/N-ethyl adjacent to an activating group) is 1. The number of allylic oxidation sites excluding steroid dienone is 4. The zero-order valence-electron chi connectivity index (χ0n) is 38.3. The van der Waals surface area contributed by atoms with E-state index in [1.54, 1.807) is 13.2 Å². The minimum Gasteiger partial charge on any atom is -0.481 e. The minimum atomic E-state index is -0.341. The number of hydrogen-bond donors (Lipinski definition) is 3. The lowest BCUT2D eigenvalue weighted by atomic mass is 9.75. The van der Waals surface area contributed by atoms with Gasteiger partial charge in [0.1, 0.15) is 5.82 Å². The Labute approximate surface area is 369 Å². The quantitative estimate of drug-likeness (QED) is 0.117. The van der Waals surface area contributed by atoms with Gasteiger partial charge in [0.05, 0.1) is 24.1 Å². The fraction of sp³-hybridized carbons (Fsp3) is 0.528. The summed E-state index contributed by atoms with van der Waals surface area (Å²) >= 11 is 0. The van der Waals surface area contributed by atoms with Crippen LogP contribution in [0.5, 0.6) is 5.88 Å². The third-order valence-electron chi connectivity index (χ3n) is 15.0. The predicted octanol–water partition coefficient (Wildman–Crippen LogP) is 11.8. The molecule has 2 fully saturated rings. The first-order valence-corrected chi connectivity index (χ1v) is 23.5. The molecule has 2 unspecified atom stereocenters. The summed E-state index contributed by atoms with van der Waals surface area (Å²) in [6, 6.07) is 11.3. The Morgan fingerprint density at radius 3 is 2.52 bits per heavy atom. The lowest BCUT2D eigenvalue weighted by Gasteiger charge is -2.41. The molecule has 3 heterocycles. The Morgan fingerprint density at radius 1 is 1.05 bits per heavy atom. The summed E-state index contributed by atoms with van der Waals surface area (Å²) in [7, 11) is 3.75. The summed E-state index contributed by atoms with van der Waals surface area (Å²) in [5.41, 5.74) is 11.6. The predicted molar refractivity (Wildman–Crippen MR) is 248 cm³/mol. The Kier molecular flexibility index (Phi) is 14.4. The number of halogens is 1. The first-order valence-electron chi connectivity index (χ1n) is 23.5. The van der Waals surface area contributed by atoms with Crippen molar-refractivity contribution in [1.82, 2.24) is 15.2 Å². The SMILES string of the molecule is CCC1=CC=C(C(=O)Nc2ccc(F)c(-c3cccc(-c4cc5c(c(OC)n4)[C@@H](CC(CC)CC[C@]4(CC)CCC(CCCCO)C(=O)N4)CC5)c3C)c2C)C(=C2CCC2)N1C. The summed E-state index contributed by atoms with van der Waals surface area (Å²) < 4.78 is 22.1. The monoisotopic (exact) mass is 845 g/mol. The zero-order valence-corrected chi connectivity index (χ0v) is 38.3. The third-order valence-corrected chi connectivity index (χ3v) is 15.0. The number of ether oxygens (including phenoxy) is 1. The Morgan fingerprint density at radius 2 is 1.84 bits per heavy atom. The Hall–Kier alpha value is -4.76. The number of methoxy groups -OCH3 is 1. The number of fused-ring (bicyclic) bond motifs is 1. The van der Waals surface area contributed by atoms with E-state index in [0.717, 1.165) is 131 Å². The van der Waals surface area contributed by atoms with Crippen molar-refractivity contribution in [2.45, 2.75) is 149 Å².